The summed E-state index contributed by atoms with van der Waals surface area (Å²) in [6.45, 7) is 3.78. The molecule has 0 aliphatic carbocycles. The lowest BCUT2D eigenvalue weighted by atomic mass is 10.1. The molecule has 0 unspecified atom stereocenters. The number of benzene rings is 1. The predicted octanol–water partition coefficient (Wildman–Crippen LogP) is -0.663. The van der Waals surface area contributed by atoms with Gasteiger partial charge in [-0.15, -0.1) is 0 Å². The first kappa shape index (κ1) is 24.2. The number of aliphatic hydroxyl groups is 1. The molecule has 10 nitrogen and oxygen atoms in total. The number of carbonyl (C=O) groups excluding carboxylic acids is 1. The Bertz CT molecular complexity index is 655. The molecule has 1 aliphatic heterocycles. The van der Waals surface area contributed by atoms with Gasteiger partial charge in [-0.25, -0.2) is 4.79 Å². The maximum absolute atomic E-state index is 11.8. The van der Waals surface area contributed by atoms with Gasteiger partial charge >= 0.3 is 5.97 Å². The van der Waals surface area contributed by atoms with Crippen LogP contribution in [0.1, 0.15) is 24.8 Å². The molecule has 0 saturated carbocycles. The molecule has 1 heterocycles. The molecule has 1 amide bonds. The Balaban J connectivity index is 0.000000594. The number of β-amino-alcohol motifs (C(OH)–C–C–N with tert-alkyl or cyclic N) is 1. The third-order valence-corrected chi connectivity index (χ3v) is 4.00. The molecule has 1 aromatic carbocycles. The van der Waals surface area contributed by atoms with E-state index >= 15 is 0 Å². The Morgan fingerprint density at radius 1 is 1.34 bits per heavy atom. The van der Waals surface area contributed by atoms with Crippen LogP contribution in [-0.4, -0.2) is 66.4 Å². The van der Waals surface area contributed by atoms with E-state index in [1.807, 2.05) is 19.1 Å². The van der Waals surface area contributed by atoms with Crippen molar-refractivity contribution < 1.29 is 24.5 Å². The van der Waals surface area contributed by atoms with E-state index in [1.165, 1.54) is 0 Å². The van der Waals surface area contributed by atoms with E-state index in [0.717, 1.165) is 25.1 Å². The van der Waals surface area contributed by atoms with Gasteiger partial charge in [-0.2, -0.15) is 0 Å². The fourth-order valence-corrected chi connectivity index (χ4v) is 2.42. The van der Waals surface area contributed by atoms with Crippen LogP contribution in [0.2, 0.25) is 0 Å². The van der Waals surface area contributed by atoms with E-state index in [0.29, 0.717) is 18.7 Å². The van der Waals surface area contributed by atoms with Crippen molar-refractivity contribution in [1.29, 1.82) is 0 Å². The Hall–Kier alpha value is -2.85. The van der Waals surface area contributed by atoms with Crippen molar-refractivity contribution in [3.63, 3.8) is 0 Å². The van der Waals surface area contributed by atoms with Crippen LogP contribution in [0, 0.1) is 6.92 Å². The number of guanidine groups is 1. The number of aliphatic carboxylic acids is 1. The van der Waals surface area contributed by atoms with Gasteiger partial charge in [0.1, 0.15) is 11.8 Å². The third kappa shape index (κ3) is 11.6. The first-order valence-corrected chi connectivity index (χ1v) is 9.43. The number of carboxylic acid groups (broad SMARTS) is 1. The van der Waals surface area contributed by atoms with Crippen LogP contribution in [0.3, 0.4) is 0 Å². The van der Waals surface area contributed by atoms with Crippen LogP contribution in [0.15, 0.2) is 29.3 Å². The molecule has 29 heavy (non-hydrogen) atoms. The van der Waals surface area contributed by atoms with Crippen LogP contribution in [0.4, 0.5) is 0 Å². The van der Waals surface area contributed by atoms with Crippen LogP contribution < -0.4 is 26.8 Å². The second-order valence-corrected chi connectivity index (χ2v) is 6.66. The summed E-state index contributed by atoms with van der Waals surface area (Å²) in [4.78, 5) is 26.7. The molecule has 8 N–H and O–H groups in total. The molecule has 0 aromatic heterocycles. The molecular formula is C19H31N5O5. The predicted molar refractivity (Wildman–Crippen MR) is 110 cm³/mol. The number of aliphatic imine (C=N–C) groups is 1. The van der Waals surface area contributed by atoms with Gasteiger partial charge in [0.2, 0.25) is 0 Å². The summed E-state index contributed by atoms with van der Waals surface area (Å²) in [5.74, 6) is -1.11. The molecule has 2 atom stereocenters. The topological polar surface area (TPSA) is 172 Å². The van der Waals surface area contributed by atoms with E-state index in [4.69, 9.17) is 26.4 Å². The summed E-state index contributed by atoms with van der Waals surface area (Å²) in [7, 11) is 0. The zero-order valence-corrected chi connectivity index (χ0v) is 16.6. The number of nitrogens with two attached hydrogens (primary N) is 2. The maximum atomic E-state index is 11.8. The Kier molecular flexibility index (Phi) is 11.1. The fraction of sp³-hybridized carbons (Fsp3) is 0.526. The van der Waals surface area contributed by atoms with Crippen molar-refractivity contribution in [2.24, 2.45) is 16.5 Å². The maximum Gasteiger partial charge on any atom is 0.326 e. The van der Waals surface area contributed by atoms with E-state index in [9.17, 15) is 9.59 Å². The number of rotatable bonds is 9. The van der Waals surface area contributed by atoms with E-state index in [-0.39, 0.29) is 25.1 Å². The summed E-state index contributed by atoms with van der Waals surface area (Å²) in [6.07, 6.45) is 1.53. The summed E-state index contributed by atoms with van der Waals surface area (Å²) in [6, 6.07) is 6.20. The van der Waals surface area contributed by atoms with E-state index in [2.05, 4.69) is 15.6 Å². The highest BCUT2D eigenvalue weighted by atomic mass is 16.5. The highest BCUT2D eigenvalue weighted by Crippen LogP contribution is 2.11. The number of carbonyl (C=O) groups is 2. The van der Waals surface area contributed by atoms with Gasteiger partial charge < -0.3 is 37.1 Å². The Labute approximate surface area is 170 Å². The average Bonchev–Trinajstić information content (AvgIpc) is 3.15. The molecule has 0 spiro atoms. The van der Waals surface area contributed by atoms with Crippen molar-refractivity contribution in [3.8, 4) is 5.75 Å². The average molecular weight is 409 g/mol. The minimum atomic E-state index is -1.11. The van der Waals surface area contributed by atoms with Gasteiger partial charge in [-0.05, 0) is 44.9 Å². The number of amides is 1. The van der Waals surface area contributed by atoms with Gasteiger partial charge in [-0.3, -0.25) is 9.79 Å². The minimum absolute atomic E-state index is 0.0487. The summed E-state index contributed by atoms with van der Waals surface area (Å²) in [5, 5.41) is 23.2. The van der Waals surface area contributed by atoms with Crippen molar-refractivity contribution >= 4 is 17.8 Å². The van der Waals surface area contributed by atoms with E-state index in [1.54, 1.807) is 12.1 Å². The second kappa shape index (κ2) is 13.3. The highest BCUT2D eigenvalue weighted by molar-refractivity contribution is 5.84. The molecular weight excluding hydrogens is 378 g/mol. The van der Waals surface area contributed by atoms with Gasteiger partial charge in [0, 0.05) is 13.1 Å². The van der Waals surface area contributed by atoms with Crippen molar-refractivity contribution in [1.82, 2.24) is 10.6 Å². The van der Waals surface area contributed by atoms with E-state index < -0.39 is 17.9 Å². The number of nitrogens with zero attached hydrogens (tertiary/aromatic N) is 1. The smallest absolute Gasteiger partial charge is 0.326 e. The summed E-state index contributed by atoms with van der Waals surface area (Å²) >= 11 is 0. The number of carboxylic acids is 1. The highest BCUT2D eigenvalue weighted by Gasteiger charge is 2.19. The first-order valence-electron chi connectivity index (χ1n) is 9.43. The van der Waals surface area contributed by atoms with Crippen LogP contribution >= 0.6 is 0 Å². The summed E-state index contributed by atoms with van der Waals surface area (Å²) < 4.78 is 5.30. The lowest BCUT2D eigenvalue weighted by Crippen LogP contribution is -2.43. The van der Waals surface area contributed by atoms with Crippen molar-refractivity contribution in [2.75, 3.05) is 26.2 Å². The van der Waals surface area contributed by atoms with Crippen molar-refractivity contribution in [2.45, 2.75) is 38.3 Å². The monoisotopic (exact) mass is 409 g/mol. The lowest BCUT2D eigenvalue weighted by molar-refractivity contribution is -0.142. The van der Waals surface area contributed by atoms with Crippen molar-refractivity contribution in [3.05, 3.63) is 29.8 Å². The molecule has 0 radical (unpaired) electrons. The standard InChI is InChI=1S/C15H22N4O4.C4H9NO/c1-10-4-6-11(7-5-10)23-9-13(20)19-12(14(21)22)3-2-8-18-15(16)17;6-4-1-2-5-3-4/h4-7,12H,2-3,8-9H2,1H3,(H,19,20)(H,21,22)(H4,16,17,18);4-6H,1-3H2/t12-;4-/m01/s1. The molecule has 1 aliphatic rings. The van der Waals surface area contributed by atoms with Crippen LogP contribution in [-0.2, 0) is 9.59 Å². The van der Waals surface area contributed by atoms with Gasteiger partial charge in [0.05, 0.1) is 6.10 Å². The summed E-state index contributed by atoms with van der Waals surface area (Å²) in [5.41, 5.74) is 11.4. The molecule has 2 rings (SSSR count). The largest absolute Gasteiger partial charge is 0.484 e. The number of hydrogen-bond donors (Lipinski definition) is 6. The molecule has 1 fully saturated rings. The van der Waals surface area contributed by atoms with Gasteiger partial charge in [-0.1, -0.05) is 17.7 Å². The normalized spacial score (nSPS) is 16.1. The second-order valence-electron chi connectivity index (χ2n) is 6.66. The number of nitrogens with one attached hydrogen (secondary N) is 2. The number of aliphatic hydroxyl groups excluding tert-OH is 1. The van der Waals surface area contributed by atoms with Gasteiger partial charge in [0.25, 0.3) is 5.91 Å². The number of aryl methyl sites for hydroxylation is 1. The molecule has 0 bridgehead atoms. The fourth-order valence-electron chi connectivity index (χ4n) is 2.42. The van der Waals surface area contributed by atoms with Gasteiger partial charge in [0.15, 0.2) is 12.6 Å². The zero-order valence-electron chi connectivity index (χ0n) is 16.6. The Morgan fingerprint density at radius 3 is 2.52 bits per heavy atom. The quantitative estimate of drug-likeness (QED) is 0.177. The third-order valence-electron chi connectivity index (χ3n) is 4.00. The Morgan fingerprint density at radius 2 is 2.03 bits per heavy atom. The zero-order chi connectivity index (χ0) is 21.6. The SMILES string of the molecule is Cc1ccc(OCC(=O)N[C@@H](CCCN=C(N)N)C(=O)O)cc1.O[C@@H]1CCNC1. The number of hydrogen-bond acceptors (Lipinski definition) is 6. The molecule has 1 saturated heterocycles. The van der Waals surface area contributed by atoms with Crippen LogP contribution in [0.25, 0.3) is 0 Å². The molecule has 10 heteroatoms. The molecule has 1 aromatic rings. The molecule has 162 valence electrons. The van der Waals surface area contributed by atoms with Crippen LogP contribution in [0.5, 0.6) is 5.75 Å². The minimum Gasteiger partial charge on any atom is -0.484 e. The first-order chi connectivity index (χ1) is 13.8. The lowest BCUT2D eigenvalue weighted by Gasteiger charge is -2.14. The number of ether oxygens (including phenoxy) is 1.